The first kappa shape index (κ1) is 11.5. The maximum atomic E-state index is 11.2. The summed E-state index contributed by atoms with van der Waals surface area (Å²) < 4.78 is 4.87. The van der Waals surface area contributed by atoms with Gasteiger partial charge in [0, 0.05) is 12.1 Å². The summed E-state index contributed by atoms with van der Waals surface area (Å²) in [6.07, 6.45) is 3.11. The molecule has 0 saturated carbocycles. The highest BCUT2D eigenvalue weighted by Crippen LogP contribution is 2.00. The van der Waals surface area contributed by atoms with Gasteiger partial charge in [-0.05, 0) is 18.6 Å². The monoisotopic (exact) mass is 205 g/mol. The average molecular weight is 205 g/mol. The third-order valence-corrected chi connectivity index (χ3v) is 1.70. The molecule has 1 aromatic rings. The Bertz CT molecular complexity index is 331. The molecule has 0 bridgehead atoms. The summed E-state index contributed by atoms with van der Waals surface area (Å²) >= 11 is 0. The van der Waals surface area contributed by atoms with E-state index in [4.69, 9.17) is 10.5 Å². The fourth-order valence-electron chi connectivity index (χ4n) is 0.990. The van der Waals surface area contributed by atoms with E-state index in [9.17, 15) is 4.79 Å². The van der Waals surface area contributed by atoms with Crippen LogP contribution < -0.4 is 5.73 Å². The molecule has 1 rings (SSSR count). The summed E-state index contributed by atoms with van der Waals surface area (Å²) in [7, 11) is 0. The second-order valence-corrected chi connectivity index (χ2v) is 3.35. The van der Waals surface area contributed by atoms with E-state index in [0.29, 0.717) is 0 Å². The topological polar surface area (TPSA) is 52.3 Å². The van der Waals surface area contributed by atoms with E-state index < -0.39 is 0 Å². The molecule has 0 radical (unpaired) electrons. The second kappa shape index (κ2) is 5.98. The van der Waals surface area contributed by atoms with Crippen LogP contribution in [0.15, 0.2) is 36.4 Å². The Hall–Kier alpha value is -1.61. The lowest BCUT2D eigenvalue weighted by molar-refractivity contribution is -0.138. The molecule has 0 fully saturated rings. The number of benzene rings is 1. The SMILES string of the molecule is CC(N)COC(=O)C=Cc1ccccc1. The van der Waals surface area contributed by atoms with Crippen molar-refractivity contribution in [1.82, 2.24) is 0 Å². The number of carbonyl (C=O) groups excluding carboxylic acids is 1. The predicted molar refractivity (Wildman–Crippen MR) is 60.1 cm³/mol. The molecule has 15 heavy (non-hydrogen) atoms. The van der Waals surface area contributed by atoms with Crippen LogP contribution in [0, 0.1) is 0 Å². The highest BCUT2D eigenvalue weighted by atomic mass is 16.5. The van der Waals surface area contributed by atoms with Crippen LogP contribution in [-0.4, -0.2) is 18.6 Å². The first-order valence-corrected chi connectivity index (χ1v) is 4.84. The van der Waals surface area contributed by atoms with Gasteiger partial charge in [-0.3, -0.25) is 0 Å². The molecule has 0 aliphatic rings. The second-order valence-electron chi connectivity index (χ2n) is 3.35. The minimum atomic E-state index is -0.365. The van der Waals surface area contributed by atoms with Gasteiger partial charge in [-0.2, -0.15) is 0 Å². The van der Waals surface area contributed by atoms with E-state index >= 15 is 0 Å². The van der Waals surface area contributed by atoms with Crippen LogP contribution in [0.1, 0.15) is 12.5 Å². The van der Waals surface area contributed by atoms with E-state index in [-0.39, 0.29) is 18.6 Å². The Morgan fingerprint density at radius 1 is 1.47 bits per heavy atom. The molecule has 1 atom stereocenters. The highest BCUT2D eigenvalue weighted by Gasteiger charge is 1.99. The van der Waals surface area contributed by atoms with Gasteiger partial charge in [-0.1, -0.05) is 30.3 Å². The number of rotatable bonds is 4. The maximum Gasteiger partial charge on any atom is 0.330 e. The molecule has 0 aromatic heterocycles. The third-order valence-electron chi connectivity index (χ3n) is 1.70. The summed E-state index contributed by atoms with van der Waals surface area (Å²) in [4.78, 5) is 11.2. The number of esters is 1. The third kappa shape index (κ3) is 4.98. The summed E-state index contributed by atoms with van der Waals surface area (Å²) in [5.41, 5.74) is 6.41. The minimum Gasteiger partial charge on any atom is -0.461 e. The van der Waals surface area contributed by atoms with Crippen molar-refractivity contribution in [2.75, 3.05) is 6.61 Å². The van der Waals surface area contributed by atoms with Crippen molar-refractivity contribution >= 4 is 12.0 Å². The summed E-state index contributed by atoms with van der Waals surface area (Å²) in [5, 5.41) is 0. The lowest BCUT2D eigenvalue weighted by Gasteiger charge is -2.03. The Balaban J connectivity index is 2.41. The van der Waals surface area contributed by atoms with Crippen LogP contribution in [0.5, 0.6) is 0 Å². The first-order chi connectivity index (χ1) is 7.18. The van der Waals surface area contributed by atoms with E-state index in [1.165, 1.54) is 6.08 Å². The predicted octanol–water partition coefficient (Wildman–Crippen LogP) is 1.59. The summed E-state index contributed by atoms with van der Waals surface area (Å²) in [6.45, 7) is 2.03. The van der Waals surface area contributed by atoms with Gasteiger partial charge in [0.2, 0.25) is 0 Å². The number of ether oxygens (including phenoxy) is 1. The number of nitrogens with two attached hydrogens (primary N) is 1. The van der Waals surface area contributed by atoms with Gasteiger partial charge in [-0.25, -0.2) is 4.79 Å². The molecule has 0 aliphatic heterocycles. The lowest BCUT2D eigenvalue weighted by atomic mass is 10.2. The van der Waals surface area contributed by atoms with Gasteiger partial charge in [0.1, 0.15) is 6.61 Å². The van der Waals surface area contributed by atoms with Crippen molar-refractivity contribution in [3.8, 4) is 0 Å². The largest absolute Gasteiger partial charge is 0.461 e. The van der Waals surface area contributed by atoms with E-state index in [2.05, 4.69) is 0 Å². The van der Waals surface area contributed by atoms with E-state index in [0.717, 1.165) is 5.56 Å². The minimum absolute atomic E-state index is 0.126. The molecule has 0 saturated heterocycles. The average Bonchev–Trinajstić information content (AvgIpc) is 2.25. The maximum absolute atomic E-state index is 11.2. The summed E-state index contributed by atoms with van der Waals surface area (Å²) in [5.74, 6) is -0.365. The van der Waals surface area contributed by atoms with Gasteiger partial charge < -0.3 is 10.5 Å². The van der Waals surface area contributed by atoms with Crippen molar-refractivity contribution < 1.29 is 9.53 Å². The van der Waals surface area contributed by atoms with Crippen LogP contribution in [0.3, 0.4) is 0 Å². The zero-order chi connectivity index (χ0) is 11.1. The molecule has 0 spiro atoms. The van der Waals surface area contributed by atoms with Crippen LogP contribution >= 0.6 is 0 Å². The smallest absolute Gasteiger partial charge is 0.330 e. The van der Waals surface area contributed by atoms with Crippen molar-refractivity contribution in [2.24, 2.45) is 5.73 Å². The lowest BCUT2D eigenvalue weighted by Crippen LogP contribution is -2.23. The Morgan fingerprint density at radius 2 is 2.13 bits per heavy atom. The number of hydrogen-bond donors (Lipinski definition) is 1. The van der Waals surface area contributed by atoms with Crippen molar-refractivity contribution in [2.45, 2.75) is 13.0 Å². The summed E-state index contributed by atoms with van der Waals surface area (Å²) in [6, 6.07) is 9.44. The zero-order valence-corrected chi connectivity index (χ0v) is 8.72. The first-order valence-electron chi connectivity index (χ1n) is 4.84. The molecular weight excluding hydrogens is 190 g/mol. The Kier molecular flexibility index (Phi) is 4.57. The Morgan fingerprint density at radius 3 is 2.73 bits per heavy atom. The van der Waals surface area contributed by atoms with E-state index in [1.807, 2.05) is 30.3 Å². The molecule has 1 aromatic carbocycles. The molecule has 0 heterocycles. The van der Waals surface area contributed by atoms with Crippen LogP contribution in [0.2, 0.25) is 0 Å². The Labute approximate surface area is 89.5 Å². The molecule has 1 unspecified atom stereocenters. The van der Waals surface area contributed by atoms with Gasteiger partial charge in [0.05, 0.1) is 0 Å². The van der Waals surface area contributed by atoms with Crippen molar-refractivity contribution in [3.63, 3.8) is 0 Å². The molecule has 3 nitrogen and oxygen atoms in total. The van der Waals surface area contributed by atoms with Crippen molar-refractivity contribution in [1.29, 1.82) is 0 Å². The fraction of sp³-hybridized carbons (Fsp3) is 0.250. The van der Waals surface area contributed by atoms with Gasteiger partial charge >= 0.3 is 5.97 Å². The van der Waals surface area contributed by atoms with Crippen LogP contribution in [0.25, 0.3) is 6.08 Å². The molecule has 2 N–H and O–H groups in total. The number of carbonyl (C=O) groups is 1. The molecule has 0 aliphatic carbocycles. The molecule has 0 amide bonds. The van der Waals surface area contributed by atoms with Gasteiger partial charge in [-0.15, -0.1) is 0 Å². The standard InChI is InChI=1S/C12H15NO2/c1-10(13)9-15-12(14)8-7-11-5-3-2-4-6-11/h2-8,10H,9,13H2,1H3. The van der Waals surface area contributed by atoms with Crippen LogP contribution in [0.4, 0.5) is 0 Å². The van der Waals surface area contributed by atoms with E-state index in [1.54, 1.807) is 13.0 Å². The molecule has 3 heteroatoms. The highest BCUT2D eigenvalue weighted by molar-refractivity contribution is 5.87. The van der Waals surface area contributed by atoms with Crippen molar-refractivity contribution in [3.05, 3.63) is 42.0 Å². The van der Waals surface area contributed by atoms with Gasteiger partial charge in [0.15, 0.2) is 0 Å². The number of hydrogen-bond acceptors (Lipinski definition) is 3. The fourth-order valence-corrected chi connectivity index (χ4v) is 0.990. The molecular formula is C12H15NO2. The quantitative estimate of drug-likeness (QED) is 0.600. The normalized spacial score (nSPS) is 12.7. The zero-order valence-electron chi connectivity index (χ0n) is 8.72. The van der Waals surface area contributed by atoms with Gasteiger partial charge in [0.25, 0.3) is 0 Å². The van der Waals surface area contributed by atoms with Crippen LogP contribution in [-0.2, 0) is 9.53 Å². The molecule has 80 valence electrons.